The molecular formula is C64H82O7. The molecule has 7 heteroatoms. The van der Waals surface area contributed by atoms with Gasteiger partial charge in [0.1, 0.15) is 31.0 Å². The van der Waals surface area contributed by atoms with Crippen molar-refractivity contribution in [1.82, 2.24) is 0 Å². The highest BCUT2D eigenvalue weighted by atomic mass is 16.6. The summed E-state index contributed by atoms with van der Waals surface area (Å²) in [6.45, 7) is 19.6. The molecule has 10 rings (SSSR count). The van der Waals surface area contributed by atoms with E-state index in [1.54, 1.807) is 5.57 Å². The smallest absolute Gasteiger partial charge is 0.313 e. The van der Waals surface area contributed by atoms with Crippen LogP contribution in [0.25, 0.3) is 0 Å². The molecule has 380 valence electrons. The minimum atomic E-state index is -0.939. The summed E-state index contributed by atoms with van der Waals surface area (Å²) in [5.74, 6) is 1.27. The summed E-state index contributed by atoms with van der Waals surface area (Å²) in [6.07, 6.45) is 9.87. The molecule has 6 aliphatic rings. The maximum absolute atomic E-state index is 14.7. The molecule has 1 aliphatic heterocycles. The van der Waals surface area contributed by atoms with Gasteiger partial charge in [0.2, 0.25) is 0 Å². The number of fused-ring (bicyclic) bond motifs is 7. The van der Waals surface area contributed by atoms with Crippen molar-refractivity contribution < 1.29 is 33.6 Å². The highest BCUT2D eigenvalue weighted by Gasteiger charge is 2.70. The van der Waals surface area contributed by atoms with Crippen molar-refractivity contribution in [3.63, 3.8) is 0 Å². The van der Waals surface area contributed by atoms with Gasteiger partial charge in [-0.05, 0) is 137 Å². The van der Waals surface area contributed by atoms with Gasteiger partial charge in [0.15, 0.2) is 0 Å². The molecule has 0 radical (unpaired) electrons. The lowest BCUT2D eigenvalue weighted by molar-refractivity contribution is -0.289. The fourth-order valence-electron chi connectivity index (χ4n) is 16.3. The first-order chi connectivity index (χ1) is 34.1. The van der Waals surface area contributed by atoms with E-state index in [1.165, 1.54) is 0 Å². The van der Waals surface area contributed by atoms with Gasteiger partial charge in [-0.1, -0.05) is 181 Å². The molecular weight excluding hydrogens is 881 g/mol. The molecule has 71 heavy (non-hydrogen) atoms. The Hall–Kier alpha value is -4.11. The maximum Gasteiger partial charge on any atom is 0.313 e. The van der Waals surface area contributed by atoms with Gasteiger partial charge in [0.25, 0.3) is 0 Å². The number of aliphatic hydroxyl groups is 1. The van der Waals surface area contributed by atoms with E-state index in [1.807, 2.05) is 72.8 Å². The van der Waals surface area contributed by atoms with Crippen molar-refractivity contribution in [3.05, 3.63) is 155 Å². The van der Waals surface area contributed by atoms with E-state index < -0.39 is 29.8 Å². The second kappa shape index (κ2) is 20.0. The van der Waals surface area contributed by atoms with Crippen LogP contribution < -0.4 is 0 Å². The second-order valence-electron chi connectivity index (χ2n) is 25.1. The zero-order chi connectivity index (χ0) is 49.7. The van der Waals surface area contributed by atoms with Crippen molar-refractivity contribution >= 4 is 5.97 Å². The summed E-state index contributed by atoms with van der Waals surface area (Å²) < 4.78 is 33.9. The van der Waals surface area contributed by atoms with Crippen LogP contribution in [-0.4, -0.2) is 48.2 Å². The van der Waals surface area contributed by atoms with E-state index in [0.717, 1.165) is 86.5 Å². The number of hydrogen-bond acceptors (Lipinski definition) is 7. The number of carbonyl (C=O) groups is 1. The van der Waals surface area contributed by atoms with E-state index in [-0.39, 0.29) is 51.0 Å². The lowest BCUT2D eigenvalue weighted by Gasteiger charge is -2.72. The summed E-state index contributed by atoms with van der Waals surface area (Å²) in [5, 5.41) is 12.8. The van der Waals surface area contributed by atoms with Crippen molar-refractivity contribution in [3.8, 4) is 0 Å². The number of rotatable bonds is 14. The van der Waals surface area contributed by atoms with E-state index in [2.05, 4.69) is 103 Å². The molecule has 13 atom stereocenters. The Kier molecular flexibility index (Phi) is 14.2. The SMILES string of the molecule is CC1(C)CC[C@]2(C(=O)OCc3ccccc3)CC[C@]3(C)C(=CCC4[C@@]5(C)CCC([C@@H]6OC(COCc7ccccc7)[C@@H](OCc7ccccc7)C(O)C6OCc6ccccc6)C(C)(C)C5CC[C@]43C)C2C1. The lowest BCUT2D eigenvalue weighted by Crippen LogP contribution is -2.67. The van der Waals surface area contributed by atoms with Crippen LogP contribution >= 0.6 is 0 Å². The van der Waals surface area contributed by atoms with Gasteiger partial charge in [0, 0.05) is 0 Å². The molecule has 0 amide bonds. The fourth-order valence-corrected chi connectivity index (χ4v) is 16.3. The van der Waals surface area contributed by atoms with Gasteiger partial charge in [0.05, 0.1) is 37.9 Å². The zero-order valence-corrected chi connectivity index (χ0v) is 43.8. The predicted octanol–water partition coefficient (Wildman–Crippen LogP) is 13.7. The molecule has 4 aromatic rings. The van der Waals surface area contributed by atoms with Crippen molar-refractivity contribution in [2.45, 2.75) is 170 Å². The molecule has 7 nitrogen and oxygen atoms in total. The minimum absolute atomic E-state index is 0.0130. The summed E-state index contributed by atoms with van der Waals surface area (Å²) in [5.41, 5.74) is 5.52. The number of hydrogen-bond donors (Lipinski definition) is 1. The molecule has 5 aliphatic carbocycles. The Morgan fingerprint density at radius 2 is 1.17 bits per heavy atom. The third-order valence-corrected chi connectivity index (χ3v) is 20.4. The third kappa shape index (κ3) is 9.32. The largest absolute Gasteiger partial charge is 0.460 e. The van der Waals surface area contributed by atoms with Crippen molar-refractivity contribution in [2.24, 2.45) is 56.2 Å². The third-order valence-electron chi connectivity index (χ3n) is 20.4. The molecule has 1 heterocycles. The number of aliphatic hydroxyl groups excluding tert-OH is 1. The van der Waals surface area contributed by atoms with Crippen LogP contribution in [0.4, 0.5) is 0 Å². The molecule has 4 saturated carbocycles. The van der Waals surface area contributed by atoms with Crippen LogP contribution in [0.3, 0.4) is 0 Å². The van der Waals surface area contributed by atoms with Gasteiger partial charge in [-0.3, -0.25) is 4.79 Å². The van der Waals surface area contributed by atoms with Gasteiger partial charge >= 0.3 is 5.97 Å². The topological polar surface area (TPSA) is 83.5 Å². The van der Waals surface area contributed by atoms with Gasteiger partial charge in [-0.2, -0.15) is 0 Å². The van der Waals surface area contributed by atoms with Crippen LogP contribution in [0, 0.1) is 56.2 Å². The average molecular weight is 963 g/mol. The summed E-state index contributed by atoms with van der Waals surface area (Å²) in [6, 6.07) is 40.9. The predicted molar refractivity (Wildman–Crippen MR) is 280 cm³/mol. The average Bonchev–Trinajstić information content (AvgIpc) is 3.36. The van der Waals surface area contributed by atoms with Crippen molar-refractivity contribution in [1.29, 1.82) is 0 Å². The summed E-state index contributed by atoms with van der Waals surface area (Å²) >= 11 is 0. The van der Waals surface area contributed by atoms with Crippen LogP contribution in [0.1, 0.15) is 135 Å². The number of allylic oxidation sites excluding steroid dienone is 2. The Balaban J connectivity index is 0.937. The molecule has 0 spiro atoms. The van der Waals surface area contributed by atoms with E-state index >= 15 is 0 Å². The lowest BCUT2D eigenvalue weighted by atomic mass is 9.33. The molecule has 5 fully saturated rings. The monoisotopic (exact) mass is 963 g/mol. The summed E-state index contributed by atoms with van der Waals surface area (Å²) in [4.78, 5) is 14.7. The number of ether oxygens (including phenoxy) is 5. The second-order valence-corrected chi connectivity index (χ2v) is 25.1. The van der Waals surface area contributed by atoms with E-state index in [0.29, 0.717) is 44.9 Å². The zero-order valence-electron chi connectivity index (χ0n) is 43.8. The van der Waals surface area contributed by atoms with Crippen LogP contribution in [0.15, 0.2) is 133 Å². The molecule has 1 saturated heterocycles. The van der Waals surface area contributed by atoms with Gasteiger partial charge in [-0.15, -0.1) is 0 Å². The van der Waals surface area contributed by atoms with Crippen LogP contribution in [0.5, 0.6) is 0 Å². The fraction of sp³-hybridized carbons (Fsp3) is 0.578. The Morgan fingerprint density at radius 3 is 1.77 bits per heavy atom. The normalized spacial score (nSPS) is 37.0. The van der Waals surface area contributed by atoms with Crippen LogP contribution in [0.2, 0.25) is 0 Å². The highest BCUT2D eigenvalue weighted by Crippen LogP contribution is 2.76. The maximum atomic E-state index is 14.7. The quantitative estimate of drug-likeness (QED) is 0.0995. The Morgan fingerprint density at radius 1 is 0.620 bits per heavy atom. The van der Waals surface area contributed by atoms with E-state index in [9.17, 15) is 9.90 Å². The number of carbonyl (C=O) groups excluding carboxylic acids is 1. The number of esters is 1. The highest BCUT2D eigenvalue weighted by molar-refractivity contribution is 5.79. The van der Waals surface area contributed by atoms with Crippen molar-refractivity contribution in [2.75, 3.05) is 6.61 Å². The first-order valence-electron chi connectivity index (χ1n) is 27.3. The molecule has 1 N–H and O–H groups in total. The molecule has 4 aromatic carbocycles. The summed E-state index contributed by atoms with van der Waals surface area (Å²) in [7, 11) is 0. The number of benzene rings is 4. The standard InChI is InChI=1S/C64H82O7/c1-59(2)34-36-64(58(66)70-42-47-26-18-11-19-27-47)37-35-62(6)48(50(64)38-59)28-29-53-61(5)32-30-49(60(3,4)52(61)31-33-63(53,62)7)55-57(69-41-46-24-16-10-17-25-46)54(65)56(68-40-45-22-14-9-15-23-45)51(71-55)43-67-39-44-20-12-8-13-21-44/h8-28,49-57,65H,29-43H2,1-7H3/t49?,50?,51?,52?,53?,54?,55-,56+,57?,61-,62+,63+,64-/m0/s1. The molecule has 0 bridgehead atoms. The first kappa shape index (κ1) is 50.4. The molecule has 7 unspecified atom stereocenters. The minimum Gasteiger partial charge on any atom is -0.460 e. The Bertz CT molecular complexity index is 2450. The van der Waals surface area contributed by atoms with Gasteiger partial charge < -0.3 is 28.8 Å². The molecule has 0 aromatic heterocycles. The van der Waals surface area contributed by atoms with Crippen LogP contribution in [-0.2, 0) is 54.9 Å². The Labute approximate surface area is 425 Å². The van der Waals surface area contributed by atoms with E-state index in [4.69, 9.17) is 23.7 Å². The first-order valence-corrected chi connectivity index (χ1v) is 27.3. The van der Waals surface area contributed by atoms with Gasteiger partial charge in [-0.25, -0.2) is 0 Å².